The average molecular weight is 359 g/mol. The van der Waals surface area contributed by atoms with Crippen LogP contribution >= 0.6 is 0 Å². The zero-order valence-electron chi connectivity index (χ0n) is 13.5. The van der Waals surface area contributed by atoms with E-state index in [0.717, 1.165) is 6.07 Å². The molecule has 0 amide bonds. The number of fused-ring (bicyclic) bond motifs is 1. The van der Waals surface area contributed by atoms with E-state index in [2.05, 4.69) is 4.90 Å². The summed E-state index contributed by atoms with van der Waals surface area (Å²) in [5, 5.41) is 9.03. The van der Waals surface area contributed by atoms with Crippen molar-refractivity contribution in [2.45, 2.75) is 12.7 Å². The van der Waals surface area contributed by atoms with Gasteiger partial charge in [-0.15, -0.1) is 13.2 Å². The topological polar surface area (TPSA) is 47.0 Å². The molecule has 9 heteroatoms. The number of hydrogen-bond donors (Lipinski definition) is 1. The molecule has 3 rings (SSSR count). The molecule has 0 atom stereocenters. The molecular weight excluding hydrogens is 342 g/mol. The lowest BCUT2D eigenvalue weighted by Crippen LogP contribution is -2.45. The summed E-state index contributed by atoms with van der Waals surface area (Å²) in [6.07, 6.45) is -4.49. The number of carboxylic acids is 1. The lowest BCUT2D eigenvalue weighted by Gasteiger charge is -2.36. The second-order valence-electron chi connectivity index (χ2n) is 6.20. The molecule has 2 heterocycles. The summed E-state index contributed by atoms with van der Waals surface area (Å²) in [5.74, 6) is -2.10. The largest absolute Gasteiger partial charge is 0.488 e. The van der Waals surface area contributed by atoms with E-state index in [1.807, 2.05) is 7.05 Å². The Balaban J connectivity index is 2.03. The van der Waals surface area contributed by atoms with E-state index in [-0.39, 0.29) is 28.3 Å². The Bertz CT molecular complexity index is 725. The van der Waals surface area contributed by atoms with Gasteiger partial charge in [0, 0.05) is 38.8 Å². The van der Waals surface area contributed by atoms with Gasteiger partial charge in [0.05, 0.1) is 16.9 Å². The number of carbonyl (C=O) groups is 1. The maximum Gasteiger partial charge on any atom is 0.488 e. The normalized spacial score (nSPS) is 18.8. The molecule has 0 spiro atoms. The van der Waals surface area contributed by atoms with Crippen molar-refractivity contribution >= 4 is 17.3 Å². The molecule has 2 aliphatic heterocycles. The smallest absolute Gasteiger partial charge is 0.478 e. The van der Waals surface area contributed by atoms with Crippen LogP contribution in [-0.2, 0) is 11.2 Å². The third-order valence-corrected chi connectivity index (χ3v) is 4.47. The van der Waals surface area contributed by atoms with Crippen molar-refractivity contribution in [1.82, 2.24) is 4.90 Å². The number of aliphatic carboxylic acids is 1. The summed E-state index contributed by atoms with van der Waals surface area (Å²) in [7, 11) is 1.92. The van der Waals surface area contributed by atoms with Crippen LogP contribution in [-0.4, -0.2) is 55.5 Å². The molecule has 0 unspecified atom stereocenters. The van der Waals surface area contributed by atoms with Crippen LogP contribution < -0.4 is 9.80 Å². The molecule has 1 aromatic rings. The van der Waals surface area contributed by atoms with Gasteiger partial charge in [0.2, 0.25) is 0 Å². The van der Waals surface area contributed by atoms with Gasteiger partial charge in [-0.05, 0) is 24.7 Å². The van der Waals surface area contributed by atoms with E-state index < -0.39 is 23.7 Å². The van der Waals surface area contributed by atoms with Gasteiger partial charge in [-0.2, -0.15) is 0 Å². The van der Waals surface area contributed by atoms with Crippen LogP contribution in [0.5, 0.6) is 0 Å². The highest BCUT2D eigenvalue weighted by Crippen LogP contribution is 2.40. The molecule has 136 valence electrons. The number of nitrogens with zero attached hydrogens (tertiary/aromatic N) is 3. The number of anilines is 2. The predicted molar refractivity (Wildman–Crippen MR) is 84.1 cm³/mol. The van der Waals surface area contributed by atoms with E-state index in [4.69, 9.17) is 5.11 Å². The summed E-state index contributed by atoms with van der Waals surface area (Å²) < 4.78 is 54.6. The molecular formula is C16H17F4N3O2. The van der Waals surface area contributed by atoms with Crippen molar-refractivity contribution in [2.24, 2.45) is 0 Å². The van der Waals surface area contributed by atoms with Crippen LogP contribution in [0.2, 0.25) is 0 Å². The zero-order chi connectivity index (χ0) is 18.4. The van der Waals surface area contributed by atoms with E-state index in [1.54, 1.807) is 4.90 Å². The van der Waals surface area contributed by atoms with Gasteiger partial charge in [-0.25, -0.2) is 9.18 Å². The van der Waals surface area contributed by atoms with E-state index >= 15 is 0 Å². The molecule has 5 nitrogen and oxygen atoms in total. The first-order valence-electron chi connectivity index (χ1n) is 7.73. The number of likely N-dealkylation sites (N-methyl/N-ethyl adjacent to an activating group) is 1. The van der Waals surface area contributed by atoms with Crippen molar-refractivity contribution < 1.29 is 27.5 Å². The minimum absolute atomic E-state index is 0.00704. The van der Waals surface area contributed by atoms with Gasteiger partial charge in [0.15, 0.2) is 0 Å². The van der Waals surface area contributed by atoms with E-state index in [0.29, 0.717) is 32.4 Å². The lowest BCUT2D eigenvalue weighted by molar-refractivity contribution is -0.133. The first-order valence-corrected chi connectivity index (χ1v) is 7.73. The highest BCUT2D eigenvalue weighted by Gasteiger charge is 2.41. The number of piperazine rings is 1. The number of hydrogen-bond acceptors (Lipinski definition) is 4. The van der Waals surface area contributed by atoms with Gasteiger partial charge in [0.1, 0.15) is 5.82 Å². The van der Waals surface area contributed by atoms with Crippen LogP contribution in [0.1, 0.15) is 5.56 Å². The summed E-state index contributed by atoms with van der Waals surface area (Å²) in [4.78, 5) is 14.8. The molecule has 2 aliphatic rings. The van der Waals surface area contributed by atoms with Gasteiger partial charge in [0.25, 0.3) is 0 Å². The van der Waals surface area contributed by atoms with E-state index in [9.17, 15) is 22.4 Å². The van der Waals surface area contributed by atoms with Crippen molar-refractivity contribution in [3.8, 4) is 0 Å². The molecule has 1 N–H and O–H groups in total. The van der Waals surface area contributed by atoms with Crippen LogP contribution in [0, 0.1) is 5.82 Å². The van der Waals surface area contributed by atoms with Crippen LogP contribution in [0.15, 0.2) is 23.9 Å². The fourth-order valence-electron chi connectivity index (χ4n) is 3.06. The summed E-state index contributed by atoms with van der Waals surface area (Å²) in [6, 6.07) is 2.18. The maximum absolute atomic E-state index is 14.5. The average Bonchev–Trinajstić information content (AvgIpc) is 2.53. The minimum atomic E-state index is -4.80. The Labute approximate surface area is 141 Å². The molecule has 0 aliphatic carbocycles. The summed E-state index contributed by atoms with van der Waals surface area (Å²) in [5.41, 5.74) is -0.551. The molecule has 25 heavy (non-hydrogen) atoms. The summed E-state index contributed by atoms with van der Waals surface area (Å²) in [6.45, 7) is 2.38. The standard InChI is InChI=1S/C16H17F4N3O2/c1-21-2-4-22(5-3-21)14-8-13-10(7-12(14)17)6-11(15(24)25)9-23(13)16(18,19)20/h7-9H,2-6H2,1H3,(H,24,25). The molecule has 1 saturated heterocycles. The maximum atomic E-state index is 14.5. The highest BCUT2D eigenvalue weighted by molar-refractivity contribution is 5.89. The monoisotopic (exact) mass is 359 g/mol. The predicted octanol–water partition coefficient (Wildman–Crippen LogP) is 2.43. The fraction of sp³-hybridized carbons (Fsp3) is 0.438. The second-order valence-corrected chi connectivity index (χ2v) is 6.20. The van der Waals surface area contributed by atoms with Crippen molar-refractivity contribution in [1.29, 1.82) is 0 Å². The number of rotatable bonds is 2. The molecule has 0 radical (unpaired) electrons. The fourth-order valence-corrected chi connectivity index (χ4v) is 3.06. The number of alkyl halides is 3. The first-order chi connectivity index (χ1) is 11.7. The Morgan fingerprint density at radius 1 is 1.12 bits per heavy atom. The summed E-state index contributed by atoms with van der Waals surface area (Å²) >= 11 is 0. The minimum Gasteiger partial charge on any atom is -0.478 e. The van der Waals surface area contributed by atoms with Gasteiger partial charge >= 0.3 is 12.3 Å². The Morgan fingerprint density at radius 3 is 2.32 bits per heavy atom. The zero-order valence-corrected chi connectivity index (χ0v) is 13.5. The molecule has 0 bridgehead atoms. The van der Waals surface area contributed by atoms with Crippen LogP contribution in [0.4, 0.5) is 28.9 Å². The van der Waals surface area contributed by atoms with Gasteiger partial charge < -0.3 is 14.9 Å². The molecule has 0 aromatic heterocycles. The second kappa shape index (κ2) is 6.21. The Kier molecular flexibility index (Phi) is 4.36. The highest BCUT2D eigenvalue weighted by atomic mass is 19.4. The number of carboxylic acid groups (broad SMARTS) is 1. The third-order valence-electron chi connectivity index (χ3n) is 4.47. The molecule has 0 saturated carbocycles. The first kappa shape index (κ1) is 17.5. The van der Waals surface area contributed by atoms with E-state index in [1.165, 1.54) is 6.07 Å². The van der Waals surface area contributed by atoms with Crippen LogP contribution in [0.25, 0.3) is 0 Å². The third kappa shape index (κ3) is 3.41. The van der Waals surface area contributed by atoms with Crippen molar-refractivity contribution in [3.63, 3.8) is 0 Å². The van der Waals surface area contributed by atoms with Crippen molar-refractivity contribution in [3.05, 3.63) is 35.3 Å². The molecule has 1 aromatic carbocycles. The quantitative estimate of drug-likeness (QED) is 0.649. The lowest BCUT2D eigenvalue weighted by atomic mass is 9.98. The number of halogens is 4. The SMILES string of the molecule is CN1CCN(c2cc3c(cc2F)CC(C(=O)O)=CN3C(F)(F)F)CC1. The Morgan fingerprint density at radius 2 is 1.76 bits per heavy atom. The Hall–Kier alpha value is -2.29. The van der Waals surface area contributed by atoms with Crippen LogP contribution in [0.3, 0.4) is 0 Å². The van der Waals surface area contributed by atoms with Gasteiger partial charge in [-0.1, -0.05) is 0 Å². The molecule has 1 fully saturated rings. The number of benzene rings is 1. The van der Waals surface area contributed by atoms with Crippen molar-refractivity contribution in [2.75, 3.05) is 43.0 Å². The van der Waals surface area contributed by atoms with Gasteiger partial charge in [-0.3, -0.25) is 4.90 Å².